The topological polar surface area (TPSA) is 79.7 Å². The first-order chi connectivity index (χ1) is 18.9. The van der Waals surface area contributed by atoms with Crippen LogP contribution in [0.15, 0.2) is 103 Å². The van der Waals surface area contributed by atoms with E-state index in [0.717, 1.165) is 34.2 Å². The zero-order valence-corrected chi connectivity index (χ0v) is 22.0. The van der Waals surface area contributed by atoms with Crippen molar-refractivity contribution in [2.24, 2.45) is 0 Å². The van der Waals surface area contributed by atoms with E-state index >= 15 is 0 Å². The number of amides is 1. The molecule has 196 valence electrons. The predicted octanol–water partition coefficient (Wildman–Crippen LogP) is 6.15. The Morgan fingerprint density at radius 3 is 2.28 bits per heavy atom. The second-order valence-corrected chi connectivity index (χ2v) is 9.68. The number of aliphatic hydroxyl groups excluding tert-OH is 1. The van der Waals surface area contributed by atoms with Crippen LogP contribution >= 0.6 is 0 Å². The minimum atomic E-state index is -0.721. The Morgan fingerprint density at radius 2 is 1.62 bits per heavy atom. The fraction of sp³-hybridized carbons (Fsp3) is 0.182. The average molecular weight is 519 g/mol. The molecule has 5 rings (SSSR count). The van der Waals surface area contributed by atoms with Crippen LogP contribution in [0.3, 0.4) is 0 Å². The van der Waals surface area contributed by atoms with Gasteiger partial charge < -0.3 is 14.7 Å². The summed E-state index contributed by atoms with van der Waals surface area (Å²) in [4.78, 5) is 32.2. The first kappa shape index (κ1) is 25.9. The van der Waals surface area contributed by atoms with E-state index in [0.29, 0.717) is 17.9 Å². The summed E-state index contributed by atoms with van der Waals surface area (Å²) >= 11 is 0. The van der Waals surface area contributed by atoms with Gasteiger partial charge in [-0.2, -0.15) is 0 Å². The van der Waals surface area contributed by atoms with Gasteiger partial charge in [-0.05, 0) is 72.0 Å². The lowest BCUT2D eigenvalue weighted by atomic mass is 9.94. The SMILES string of the molecule is CCc1ccc([C@H]2/C(=C(\O)c3ccc(OCc4cccc(C)c4)cc3)C(=O)C(=O)N2Cc2ccncc2)cc1. The van der Waals surface area contributed by atoms with Crippen LogP contribution in [-0.4, -0.2) is 26.7 Å². The number of hydrogen-bond acceptors (Lipinski definition) is 5. The number of Topliss-reactive ketones (excluding diaryl/α,β-unsaturated/α-hetero) is 1. The number of carbonyl (C=O) groups excluding carboxylic acids is 2. The molecule has 0 radical (unpaired) electrons. The van der Waals surface area contributed by atoms with Crippen LogP contribution in [0.4, 0.5) is 0 Å². The number of carbonyl (C=O) groups is 2. The van der Waals surface area contributed by atoms with Crippen LogP contribution in [0.1, 0.15) is 46.3 Å². The summed E-state index contributed by atoms with van der Waals surface area (Å²) in [5, 5.41) is 11.4. The number of ketones is 1. The predicted molar refractivity (Wildman–Crippen MR) is 150 cm³/mol. The minimum absolute atomic E-state index is 0.0757. The highest BCUT2D eigenvalue weighted by Gasteiger charge is 2.46. The number of ether oxygens (including phenoxy) is 1. The van der Waals surface area contributed by atoms with Gasteiger partial charge in [0.15, 0.2) is 0 Å². The molecule has 0 aliphatic carbocycles. The van der Waals surface area contributed by atoms with E-state index in [2.05, 4.69) is 18.0 Å². The van der Waals surface area contributed by atoms with E-state index in [9.17, 15) is 14.7 Å². The molecule has 6 nitrogen and oxygen atoms in total. The van der Waals surface area contributed by atoms with Crippen molar-refractivity contribution < 1.29 is 19.4 Å². The van der Waals surface area contributed by atoms with Crippen molar-refractivity contribution >= 4 is 17.4 Å². The normalized spacial score (nSPS) is 16.5. The van der Waals surface area contributed by atoms with Gasteiger partial charge in [0.2, 0.25) is 0 Å². The van der Waals surface area contributed by atoms with E-state index in [1.165, 1.54) is 4.90 Å². The Morgan fingerprint density at radius 1 is 0.897 bits per heavy atom. The lowest BCUT2D eigenvalue weighted by Gasteiger charge is -2.25. The van der Waals surface area contributed by atoms with Gasteiger partial charge in [-0.1, -0.05) is 61.0 Å². The van der Waals surface area contributed by atoms with Crippen molar-refractivity contribution in [2.45, 2.75) is 39.5 Å². The Hall–Kier alpha value is -4.71. The van der Waals surface area contributed by atoms with Gasteiger partial charge in [-0.15, -0.1) is 0 Å². The van der Waals surface area contributed by atoms with Crippen LogP contribution in [0.5, 0.6) is 5.75 Å². The highest BCUT2D eigenvalue weighted by Crippen LogP contribution is 2.40. The third-order valence-corrected chi connectivity index (χ3v) is 6.96. The molecule has 0 bridgehead atoms. The molecule has 1 N–H and O–H groups in total. The summed E-state index contributed by atoms with van der Waals surface area (Å²) in [6, 6.07) is 25.7. The lowest BCUT2D eigenvalue weighted by molar-refractivity contribution is -0.140. The number of benzene rings is 3. The molecule has 1 fully saturated rings. The summed E-state index contributed by atoms with van der Waals surface area (Å²) in [7, 11) is 0. The van der Waals surface area contributed by atoms with Crippen LogP contribution < -0.4 is 4.74 Å². The fourth-order valence-corrected chi connectivity index (χ4v) is 4.84. The number of hydrogen-bond donors (Lipinski definition) is 1. The molecule has 39 heavy (non-hydrogen) atoms. The van der Waals surface area contributed by atoms with Crippen LogP contribution in [0.2, 0.25) is 0 Å². The Bertz CT molecular complexity index is 1510. The second kappa shape index (κ2) is 11.4. The summed E-state index contributed by atoms with van der Waals surface area (Å²) in [6.45, 7) is 4.74. The number of pyridine rings is 1. The maximum Gasteiger partial charge on any atom is 0.295 e. The molecular weight excluding hydrogens is 488 g/mol. The first-order valence-electron chi connectivity index (χ1n) is 13.0. The summed E-state index contributed by atoms with van der Waals surface area (Å²) < 4.78 is 5.91. The van der Waals surface area contributed by atoms with Gasteiger partial charge in [-0.3, -0.25) is 14.6 Å². The van der Waals surface area contributed by atoms with E-state index in [1.54, 1.807) is 36.7 Å². The molecule has 1 aliphatic heterocycles. The number of likely N-dealkylation sites (tertiary alicyclic amines) is 1. The first-order valence-corrected chi connectivity index (χ1v) is 13.0. The largest absolute Gasteiger partial charge is 0.507 e. The Labute approximate surface area is 228 Å². The zero-order valence-electron chi connectivity index (χ0n) is 22.0. The molecule has 1 amide bonds. The van der Waals surface area contributed by atoms with Gasteiger partial charge in [0.25, 0.3) is 11.7 Å². The summed E-state index contributed by atoms with van der Waals surface area (Å²) in [5.41, 5.74) is 5.49. The van der Waals surface area contributed by atoms with Gasteiger partial charge in [0.05, 0.1) is 11.6 Å². The van der Waals surface area contributed by atoms with E-state index in [4.69, 9.17) is 4.74 Å². The molecule has 0 unspecified atom stereocenters. The fourth-order valence-electron chi connectivity index (χ4n) is 4.84. The maximum absolute atomic E-state index is 13.3. The van der Waals surface area contributed by atoms with Crippen molar-refractivity contribution in [3.63, 3.8) is 0 Å². The van der Waals surface area contributed by atoms with E-state index in [-0.39, 0.29) is 17.9 Å². The van der Waals surface area contributed by atoms with Gasteiger partial charge in [0, 0.05) is 24.5 Å². The number of nitrogens with zero attached hydrogens (tertiary/aromatic N) is 2. The second-order valence-electron chi connectivity index (χ2n) is 9.68. The molecule has 1 aliphatic rings. The van der Waals surface area contributed by atoms with Crippen molar-refractivity contribution in [3.8, 4) is 5.75 Å². The summed E-state index contributed by atoms with van der Waals surface area (Å²) in [5.74, 6) is -0.916. The smallest absolute Gasteiger partial charge is 0.295 e. The Kier molecular flexibility index (Phi) is 7.55. The lowest BCUT2D eigenvalue weighted by Crippen LogP contribution is -2.29. The number of rotatable bonds is 8. The van der Waals surface area contributed by atoms with Gasteiger partial charge in [-0.25, -0.2) is 0 Å². The van der Waals surface area contributed by atoms with Crippen LogP contribution in [-0.2, 0) is 29.2 Å². The molecule has 4 aromatic rings. The third kappa shape index (κ3) is 5.60. The molecule has 1 aromatic heterocycles. The third-order valence-electron chi connectivity index (χ3n) is 6.96. The molecular formula is C33H30N2O4. The van der Waals surface area contributed by atoms with E-state index < -0.39 is 17.7 Å². The van der Waals surface area contributed by atoms with Crippen molar-refractivity contribution in [1.29, 1.82) is 0 Å². The van der Waals surface area contributed by atoms with E-state index in [1.807, 2.05) is 61.5 Å². The highest BCUT2D eigenvalue weighted by atomic mass is 16.5. The van der Waals surface area contributed by atoms with Gasteiger partial charge in [0.1, 0.15) is 18.1 Å². The zero-order chi connectivity index (χ0) is 27.4. The molecule has 1 atom stereocenters. The monoisotopic (exact) mass is 518 g/mol. The Balaban J connectivity index is 1.47. The molecule has 0 spiro atoms. The maximum atomic E-state index is 13.3. The minimum Gasteiger partial charge on any atom is -0.507 e. The number of aliphatic hydroxyl groups is 1. The van der Waals surface area contributed by atoms with Crippen LogP contribution in [0.25, 0.3) is 5.76 Å². The molecule has 6 heteroatoms. The number of aryl methyl sites for hydroxylation is 2. The number of aromatic nitrogens is 1. The molecule has 0 saturated carbocycles. The van der Waals surface area contributed by atoms with Crippen molar-refractivity contribution in [1.82, 2.24) is 9.88 Å². The summed E-state index contributed by atoms with van der Waals surface area (Å²) in [6.07, 6.45) is 4.18. The van der Waals surface area contributed by atoms with Crippen molar-refractivity contribution in [2.75, 3.05) is 0 Å². The molecule has 3 aromatic carbocycles. The molecule has 2 heterocycles. The van der Waals surface area contributed by atoms with Gasteiger partial charge >= 0.3 is 0 Å². The standard InChI is InChI=1S/C33H30N2O4/c1-3-23-7-9-26(10-8-23)30-29(32(37)33(38)35(30)20-24-15-17-34-18-16-24)31(36)27-11-13-28(14-12-27)39-21-25-6-4-5-22(2)19-25/h4-19,30,36H,3,20-21H2,1-2H3/b31-29+/t30-/m0/s1. The van der Waals surface area contributed by atoms with Crippen LogP contribution in [0, 0.1) is 6.92 Å². The average Bonchev–Trinajstić information content (AvgIpc) is 3.21. The van der Waals surface area contributed by atoms with Crippen molar-refractivity contribution in [3.05, 3.63) is 136 Å². The highest BCUT2D eigenvalue weighted by molar-refractivity contribution is 6.46. The quantitative estimate of drug-likeness (QED) is 0.172. The molecule has 1 saturated heterocycles.